The first kappa shape index (κ1) is 11.4. The lowest BCUT2D eigenvalue weighted by Gasteiger charge is -2.04. The van der Waals surface area contributed by atoms with E-state index in [9.17, 15) is 9.18 Å². The van der Waals surface area contributed by atoms with E-state index in [1.54, 1.807) is 13.0 Å². The molecular weight excluding hydrogens is 195 g/mol. The van der Waals surface area contributed by atoms with E-state index in [0.717, 1.165) is 5.57 Å². The zero-order valence-electron chi connectivity index (χ0n) is 8.84. The number of carbonyl (C=O) groups is 1. The Kier molecular flexibility index (Phi) is 3.61. The fourth-order valence-electron chi connectivity index (χ4n) is 1.22. The van der Waals surface area contributed by atoms with Gasteiger partial charge in [0.1, 0.15) is 11.6 Å². The van der Waals surface area contributed by atoms with Gasteiger partial charge in [0, 0.05) is 12.5 Å². The molecule has 0 N–H and O–H groups in total. The number of ether oxygens (including phenoxy) is 1. The monoisotopic (exact) mass is 208 g/mol. The van der Waals surface area contributed by atoms with Gasteiger partial charge in [-0.1, -0.05) is 12.2 Å². The summed E-state index contributed by atoms with van der Waals surface area (Å²) in [6, 6.07) is 4.19. The number of halogens is 1. The summed E-state index contributed by atoms with van der Waals surface area (Å²) in [4.78, 5) is 11.5. The fourth-order valence-corrected chi connectivity index (χ4v) is 1.22. The summed E-state index contributed by atoms with van der Waals surface area (Å²) in [6.45, 7) is 5.35. The molecule has 0 aliphatic carbocycles. The Hall–Kier alpha value is -1.64. The van der Waals surface area contributed by atoms with Gasteiger partial charge < -0.3 is 4.74 Å². The summed E-state index contributed by atoms with van der Waals surface area (Å²) in [5.41, 5.74) is 0.800. The standard InChI is InChI=1S/C12H13FO2/c1-8(2)6-12(14)10-5-4-9(15-3)7-11(10)13/h4-5,7H,1,6H2,2-3H3. The molecule has 0 saturated carbocycles. The Bertz CT molecular complexity index is 397. The molecule has 1 rings (SSSR count). The summed E-state index contributed by atoms with van der Waals surface area (Å²) in [5, 5.41) is 0. The fraction of sp³-hybridized carbons (Fsp3) is 0.250. The van der Waals surface area contributed by atoms with Gasteiger partial charge in [0.2, 0.25) is 0 Å². The minimum atomic E-state index is -0.555. The molecule has 0 aliphatic rings. The smallest absolute Gasteiger partial charge is 0.169 e. The van der Waals surface area contributed by atoms with E-state index in [4.69, 9.17) is 4.74 Å². The largest absolute Gasteiger partial charge is 0.497 e. The topological polar surface area (TPSA) is 26.3 Å². The Morgan fingerprint density at radius 3 is 2.67 bits per heavy atom. The van der Waals surface area contributed by atoms with Gasteiger partial charge in [-0.25, -0.2) is 4.39 Å². The molecule has 0 atom stereocenters. The molecule has 2 nitrogen and oxygen atoms in total. The molecule has 0 aliphatic heterocycles. The minimum Gasteiger partial charge on any atom is -0.497 e. The normalized spacial score (nSPS) is 9.80. The van der Waals surface area contributed by atoms with Crippen LogP contribution in [0.5, 0.6) is 5.75 Å². The first-order chi connectivity index (χ1) is 7.04. The van der Waals surface area contributed by atoms with Crippen molar-refractivity contribution in [3.8, 4) is 5.75 Å². The van der Waals surface area contributed by atoms with E-state index >= 15 is 0 Å². The molecule has 0 spiro atoms. The number of rotatable bonds is 4. The van der Waals surface area contributed by atoms with Crippen LogP contribution >= 0.6 is 0 Å². The Labute approximate surface area is 88.4 Å². The summed E-state index contributed by atoms with van der Waals surface area (Å²) >= 11 is 0. The molecule has 0 unspecified atom stereocenters. The second-order valence-electron chi connectivity index (χ2n) is 3.40. The molecular formula is C12H13FO2. The summed E-state index contributed by atoms with van der Waals surface area (Å²) in [5.74, 6) is -0.414. The van der Waals surface area contributed by atoms with Crippen LogP contribution in [-0.4, -0.2) is 12.9 Å². The quantitative estimate of drug-likeness (QED) is 0.561. The number of hydrogen-bond donors (Lipinski definition) is 0. The molecule has 1 aromatic carbocycles. The molecule has 15 heavy (non-hydrogen) atoms. The van der Waals surface area contributed by atoms with Crippen LogP contribution in [0.2, 0.25) is 0 Å². The Balaban J connectivity index is 2.95. The van der Waals surface area contributed by atoms with Crippen LogP contribution in [0, 0.1) is 5.82 Å². The molecule has 0 heterocycles. The number of benzene rings is 1. The van der Waals surface area contributed by atoms with Gasteiger partial charge in [0.05, 0.1) is 12.7 Å². The molecule has 0 fully saturated rings. The van der Waals surface area contributed by atoms with Gasteiger partial charge in [0.15, 0.2) is 5.78 Å². The van der Waals surface area contributed by atoms with Crippen LogP contribution in [0.25, 0.3) is 0 Å². The highest BCUT2D eigenvalue weighted by atomic mass is 19.1. The SMILES string of the molecule is C=C(C)CC(=O)c1ccc(OC)cc1F. The molecule has 0 amide bonds. The van der Waals surface area contributed by atoms with E-state index in [0.29, 0.717) is 5.75 Å². The van der Waals surface area contributed by atoms with Crippen molar-refractivity contribution in [2.75, 3.05) is 7.11 Å². The van der Waals surface area contributed by atoms with Crippen molar-refractivity contribution >= 4 is 5.78 Å². The maximum Gasteiger partial charge on any atom is 0.169 e. The summed E-state index contributed by atoms with van der Waals surface area (Å²) in [7, 11) is 1.45. The second kappa shape index (κ2) is 4.73. The average Bonchev–Trinajstić information content (AvgIpc) is 2.16. The average molecular weight is 208 g/mol. The van der Waals surface area contributed by atoms with Crippen LogP contribution < -0.4 is 4.74 Å². The lowest BCUT2D eigenvalue weighted by atomic mass is 10.0. The molecule has 3 heteroatoms. The van der Waals surface area contributed by atoms with Crippen molar-refractivity contribution in [3.63, 3.8) is 0 Å². The number of carbonyl (C=O) groups excluding carboxylic acids is 1. The minimum absolute atomic E-state index is 0.0822. The molecule has 0 radical (unpaired) electrons. The van der Waals surface area contributed by atoms with E-state index < -0.39 is 5.82 Å². The number of ketones is 1. The number of Topliss-reactive ketones (excluding diaryl/α,β-unsaturated/α-hetero) is 1. The van der Waals surface area contributed by atoms with Crippen molar-refractivity contribution in [3.05, 3.63) is 41.7 Å². The summed E-state index contributed by atoms with van der Waals surface area (Å²) in [6.07, 6.45) is 0.170. The van der Waals surface area contributed by atoms with Crippen LogP contribution in [0.3, 0.4) is 0 Å². The zero-order valence-corrected chi connectivity index (χ0v) is 8.84. The van der Waals surface area contributed by atoms with Crippen molar-refractivity contribution < 1.29 is 13.9 Å². The van der Waals surface area contributed by atoms with Crippen LogP contribution in [0.4, 0.5) is 4.39 Å². The first-order valence-corrected chi connectivity index (χ1v) is 4.55. The number of hydrogen-bond acceptors (Lipinski definition) is 2. The first-order valence-electron chi connectivity index (χ1n) is 4.55. The Morgan fingerprint density at radius 1 is 1.53 bits per heavy atom. The van der Waals surface area contributed by atoms with Crippen LogP contribution in [0.15, 0.2) is 30.4 Å². The van der Waals surface area contributed by atoms with Gasteiger partial charge in [0.25, 0.3) is 0 Å². The van der Waals surface area contributed by atoms with Crippen LogP contribution in [-0.2, 0) is 0 Å². The van der Waals surface area contributed by atoms with E-state index in [1.165, 1.54) is 19.2 Å². The van der Waals surface area contributed by atoms with Gasteiger partial charge in [-0.2, -0.15) is 0 Å². The predicted molar refractivity (Wildman–Crippen MR) is 56.7 cm³/mol. The highest BCUT2D eigenvalue weighted by molar-refractivity contribution is 5.97. The third-order valence-electron chi connectivity index (χ3n) is 1.94. The van der Waals surface area contributed by atoms with Crippen molar-refractivity contribution in [2.24, 2.45) is 0 Å². The van der Waals surface area contributed by atoms with Gasteiger partial charge in [-0.15, -0.1) is 0 Å². The molecule has 0 saturated heterocycles. The third kappa shape index (κ3) is 2.91. The maximum absolute atomic E-state index is 13.4. The highest BCUT2D eigenvalue weighted by Crippen LogP contribution is 2.18. The highest BCUT2D eigenvalue weighted by Gasteiger charge is 2.12. The van der Waals surface area contributed by atoms with Crippen LogP contribution in [0.1, 0.15) is 23.7 Å². The van der Waals surface area contributed by atoms with Crippen molar-refractivity contribution in [2.45, 2.75) is 13.3 Å². The lowest BCUT2D eigenvalue weighted by Crippen LogP contribution is -2.02. The zero-order chi connectivity index (χ0) is 11.4. The maximum atomic E-state index is 13.4. The van der Waals surface area contributed by atoms with E-state index in [2.05, 4.69) is 6.58 Å². The molecule has 1 aromatic rings. The van der Waals surface area contributed by atoms with Crippen molar-refractivity contribution in [1.29, 1.82) is 0 Å². The lowest BCUT2D eigenvalue weighted by molar-refractivity contribution is 0.0989. The Morgan fingerprint density at radius 2 is 2.20 bits per heavy atom. The van der Waals surface area contributed by atoms with E-state index in [-0.39, 0.29) is 17.8 Å². The van der Waals surface area contributed by atoms with Gasteiger partial charge in [-0.05, 0) is 19.1 Å². The van der Waals surface area contributed by atoms with Crippen molar-refractivity contribution in [1.82, 2.24) is 0 Å². The van der Waals surface area contributed by atoms with Gasteiger partial charge in [-0.3, -0.25) is 4.79 Å². The molecule has 0 bridgehead atoms. The second-order valence-corrected chi connectivity index (χ2v) is 3.40. The molecule has 80 valence electrons. The third-order valence-corrected chi connectivity index (χ3v) is 1.94. The van der Waals surface area contributed by atoms with Gasteiger partial charge >= 0.3 is 0 Å². The van der Waals surface area contributed by atoms with E-state index in [1.807, 2.05) is 0 Å². The summed E-state index contributed by atoms with van der Waals surface area (Å²) < 4.78 is 18.2. The predicted octanol–water partition coefficient (Wildman–Crippen LogP) is 2.98. The molecule has 0 aromatic heterocycles. The number of methoxy groups -OCH3 is 1. The number of allylic oxidation sites excluding steroid dienone is 1.